The predicted molar refractivity (Wildman–Crippen MR) is 81.7 cm³/mol. The average molecular weight is 453 g/mol. The van der Waals surface area contributed by atoms with E-state index >= 15 is 0 Å². The van der Waals surface area contributed by atoms with Crippen molar-refractivity contribution in [1.82, 2.24) is 0 Å². The summed E-state index contributed by atoms with van der Waals surface area (Å²) in [5.74, 6) is 0. The predicted octanol–water partition coefficient (Wildman–Crippen LogP) is -3.00. The molecular formula is H21Ca8O5P. The van der Waals surface area contributed by atoms with Gasteiger partial charge in [0.25, 0.3) is 0 Å². The number of rotatable bonds is 0. The van der Waals surface area contributed by atoms with E-state index < -0.39 is 7.82 Å². The van der Waals surface area contributed by atoms with Crippen molar-refractivity contribution in [3.05, 3.63) is 0 Å². The van der Waals surface area contributed by atoms with Crippen molar-refractivity contribution in [2.75, 3.05) is 0 Å². The van der Waals surface area contributed by atoms with E-state index in [0.717, 1.165) is 0 Å². The largest absolute Gasteiger partial charge is 2.00 e. The Morgan fingerprint density at radius 2 is 0.643 bits per heavy atom. The summed E-state index contributed by atoms with van der Waals surface area (Å²) in [6, 6.07) is 0. The molecule has 0 aliphatic carbocycles. The Bertz CT molecular complexity index is 93.8. The maximum Gasteiger partial charge on any atom is 2.00 e. The maximum absolute atomic E-state index is 8.88. The van der Waals surface area contributed by atoms with Crippen LogP contribution in [0.25, 0.3) is 0 Å². The van der Waals surface area contributed by atoms with Gasteiger partial charge in [0.2, 0.25) is 0 Å². The summed E-state index contributed by atoms with van der Waals surface area (Å²) in [7, 11) is -4.64. The van der Waals surface area contributed by atoms with E-state index in [2.05, 4.69) is 0 Å². The van der Waals surface area contributed by atoms with Crippen LogP contribution in [0.5, 0.6) is 0 Å². The molecule has 0 heterocycles. The van der Waals surface area contributed by atoms with Crippen LogP contribution in [0.2, 0.25) is 0 Å². The van der Waals surface area contributed by atoms with Gasteiger partial charge >= 0.3 is 310 Å². The number of hydrogen-bond acceptors (Lipinski definition) is 1. The van der Waals surface area contributed by atoms with Crippen LogP contribution in [-0.2, 0) is 4.57 Å². The van der Waals surface area contributed by atoms with Gasteiger partial charge in [-0.15, -0.1) is 0 Å². The zero-order chi connectivity index (χ0) is 4.50. The molecule has 0 saturated heterocycles. The molecule has 0 unspecified atom stereocenters. The van der Waals surface area contributed by atoms with Crippen molar-refractivity contribution < 1.29 is 47.5 Å². The van der Waals surface area contributed by atoms with Gasteiger partial charge in [0.05, 0.1) is 0 Å². The first-order valence-corrected chi connectivity index (χ1v) is 2.35. The SMILES string of the molecule is O.O=P(O)(O)O.[Ca+2].[Ca+2].[Ca+2].[Ca+2].[Ca+2].[Ca+2].[Ca+2].[Ca+2].[H-].[H-].[H-].[H-].[H-].[H-].[H-].[H-].[H-].[H-].[H-].[H-].[H-].[H-].[H-].[H-]. The van der Waals surface area contributed by atoms with Gasteiger partial charge in [0.15, 0.2) is 0 Å². The molecule has 0 aromatic rings. The minimum Gasteiger partial charge on any atom is -1.00 e. The fraction of sp³-hybridized carbons (Fsp3) is 0. The van der Waals surface area contributed by atoms with E-state index in [9.17, 15) is 0 Å². The van der Waals surface area contributed by atoms with E-state index in [-0.39, 0.29) is 330 Å². The van der Waals surface area contributed by atoms with Gasteiger partial charge in [-0.3, -0.25) is 0 Å². The monoisotopic (exact) mass is 452 g/mol. The maximum atomic E-state index is 8.88. The standard InChI is InChI=1S/8Ca.H3O4P.H2O.16H/c;;;;;;;;1-5(2,3)4;;;;;;;;;;;;;;;;;/h;;;;;;;;(H3,1,2,3,4);1H2;;;;;;;;;;;;;;;;/q8*+2;;;16*-1. The third-order valence-corrected chi connectivity index (χ3v) is 0. The summed E-state index contributed by atoms with van der Waals surface area (Å²) in [6.07, 6.45) is 0. The molecule has 0 aliphatic rings. The smallest absolute Gasteiger partial charge is 1.00 e. The molecule has 0 spiro atoms. The molecule has 0 aromatic carbocycles. The van der Waals surface area contributed by atoms with Gasteiger partial charge in [-0.1, -0.05) is 0 Å². The molecule has 0 amide bonds. The van der Waals surface area contributed by atoms with Gasteiger partial charge < -0.3 is 43.0 Å². The quantitative estimate of drug-likeness (QED) is 0.269. The third-order valence-electron chi connectivity index (χ3n) is 0. The van der Waals surface area contributed by atoms with Crippen molar-refractivity contribution in [3.8, 4) is 0 Å². The minimum atomic E-state index is -4.64. The van der Waals surface area contributed by atoms with Crippen LogP contribution in [0, 0.1) is 0 Å². The second kappa shape index (κ2) is 43.5. The van der Waals surface area contributed by atoms with Crippen molar-refractivity contribution >= 4 is 310 Å². The summed E-state index contributed by atoms with van der Waals surface area (Å²) >= 11 is 0. The van der Waals surface area contributed by atoms with Crippen LogP contribution >= 0.6 is 7.82 Å². The van der Waals surface area contributed by atoms with Crippen LogP contribution in [0.3, 0.4) is 0 Å². The van der Waals surface area contributed by atoms with E-state index in [1.807, 2.05) is 0 Å². The van der Waals surface area contributed by atoms with Crippen LogP contribution in [0.15, 0.2) is 0 Å². The Morgan fingerprint density at radius 3 is 0.643 bits per heavy atom. The van der Waals surface area contributed by atoms with Crippen LogP contribution in [0.4, 0.5) is 0 Å². The Balaban J connectivity index is -0.000000000267. The van der Waals surface area contributed by atoms with Gasteiger partial charge in [-0.05, 0) is 0 Å². The summed E-state index contributed by atoms with van der Waals surface area (Å²) in [4.78, 5) is 21.6. The van der Waals surface area contributed by atoms with Crippen molar-refractivity contribution in [1.29, 1.82) is 0 Å². The van der Waals surface area contributed by atoms with Crippen LogP contribution in [0.1, 0.15) is 22.8 Å². The number of phosphoric acid groups is 1. The molecule has 0 aliphatic heterocycles. The summed E-state index contributed by atoms with van der Waals surface area (Å²) in [5.41, 5.74) is 0. The molecule has 0 saturated carbocycles. The normalized spacial score (nSPS) is 4.21. The zero-order valence-corrected chi connectivity index (χ0v) is 26.9. The molecule has 0 aromatic heterocycles. The Kier molecular flexibility index (Phi) is 201. The topological polar surface area (TPSA) is 109 Å². The van der Waals surface area contributed by atoms with Gasteiger partial charge in [0.1, 0.15) is 0 Å². The molecule has 14 heteroatoms. The second-order valence-corrected chi connectivity index (χ2v) is 1.54. The number of hydrogen-bond donors (Lipinski definition) is 3. The summed E-state index contributed by atoms with van der Waals surface area (Å²) in [6.45, 7) is 0. The van der Waals surface area contributed by atoms with Crippen molar-refractivity contribution in [3.63, 3.8) is 0 Å². The molecule has 14 heavy (non-hydrogen) atoms. The van der Waals surface area contributed by atoms with Crippen LogP contribution < -0.4 is 0 Å². The summed E-state index contributed by atoms with van der Waals surface area (Å²) < 4.78 is 8.88. The third kappa shape index (κ3) is 96.2. The van der Waals surface area contributed by atoms with Gasteiger partial charge in [-0.2, -0.15) is 0 Å². The molecule has 72 valence electrons. The Hall–Kier alpha value is 10.1. The van der Waals surface area contributed by atoms with E-state index in [1.165, 1.54) is 0 Å². The average Bonchev–Trinajstić information content (AvgIpc) is 0.722. The first-order valence-electron chi connectivity index (χ1n) is 0.783. The zero-order valence-electron chi connectivity index (χ0n) is 24.4. The molecular weight excluding hydrogens is 432 g/mol. The van der Waals surface area contributed by atoms with Crippen molar-refractivity contribution in [2.45, 2.75) is 0 Å². The van der Waals surface area contributed by atoms with Crippen LogP contribution in [-0.4, -0.2) is 322 Å². The first kappa shape index (κ1) is 64.6. The molecule has 0 bridgehead atoms. The second-order valence-electron chi connectivity index (χ2n) is 0.513. The Labute approximate surface area is 346 Å². The molecule has 0 radical (unpaired) electrons. The van der Waals surface area contributed by atoms with E-state index in [1.54, 1.807) is 0 Å². The summed E-state index contributed by atoms with van der Waals surface area (Å²) in [5, 5.41) is 0. The van der Waals surface area contributed by atoms with E-state index in [4.69, 9.17) is 19.2 Å². The molecule has 5 N–H and O–H groups in total. The van der Waals surface area contributed by atoms with Gasteiger partial charge in [0, 0.05) is 0 Å². The first-order chi connectivity index (χ1) is 2.00. The van der Waals surface area contributed by atoms with Crippen molar-refractivity contribution in [2.24, 2.45) is 0 Å². The molecule has 5 nitrogen and oxygen atoms in total. The minimum absolute atomic E-state index is 0. The van der Waals surface area contributed by atoms with Gasteiger partial charge in [-0.25, -0.2) is 4.57 Å². The molecule has 0 rings (SSSR count). The fourth-order valence-electron chi connectivity index (χ4n) is 0. The Morgan fingerprint density at radius 1 is 0.643 bits per heavy atom. The van der Waals surface area contributed by atoms with E-state index in [0.29, 0.717) is 0 Å². The fourth-order valence-corrected chi connectivity index (χ4v) is 0. The molecule has 0 fully saturated rings. The molecule has 0 atom stereocenters.